The molecule has 0 amide bonds. The molecule has 0 radical (unpaired) electrons. The van der Waals surface area contributed by atoms with Crippen molar-refractivity contribution in [3.63, 3.8) is 0 Å². The van der Waals surface area contributed by atoms with Gasteiger partial charge < -0.3 is 5.11 Å². The van der Waals surface area contributed by atoms with Gasteiger partial charge in [0, 0.05) is 13.1 Å². The van der Waals surface area contributed by atoms with Crippen molar-refractivity contribution < 1.29 is 18.3 Å². The molecular weight excluding hydrogens is 278 g/mol. The van der Waals surface area contributed by atoms with Crippen LogP contribution in [0.3, 0.4) is 0 Å². The zero-order valence-electron chi connectivity index (χ0n) is 12.2. The van der Waals surface area contributed by atoms with Gasteiger partial charge in [-0.05, 0) is 30.5 Å². The Hall–Kier alpha value is -1.40. The summed E-state index contributed by atoms with van der Waals surface area (Å²) >= 11 is 0. The molecule has 1 unspecified atom stereocenters. The zero-order chi connectivity index (χ0) is 15.5. The average molecular weight is 299 g/mol. The molecule has 0 saturated carbocycles. The van der Waals surface area contributed by atoms with Crippen LogP contribution in [0.1, 0.15) is 26.3 Å². The molecule has 20 heavy (non-hydrogen) atoms. The van der Waals surface area contributed by atoms with E-state index >= 15 is 0 Å². The number of hydrogen-bond donors (Lipinski definition) is 1. The standard InChI is InChI=1S/C14H21NO4S/c1-10(2)11(3)15(4)20(18,19)13-7-5-12(6-8-13)9-14(16)17/h5-8,10-11H,9H2,1-4H3,(H,16,17). The summed E-state index contributed by atoms with van der Waals surface area (Å²) < 4.78 is 26.2. The van der Waals surface area contributed by atoms with Crippen LogP contribution in [-0.4, -0.2) is 36.9 Å². The molecule has 1 aromatic rings. The molecule has 0 aliphatic rings. The first kappa shape index (κ1) is 16.7. The Morgan fingerprint density at radius 3 is 2.10 bits per heavy atom. The normalized spacial score (nSPS) is 13.7. The van der Waals surface area contributed by atoms with Gasteiger partial charge in [0.2, 0.25) is 10.0 Å². The summed E-state index contributed by atoms with van der Waals surface area (Å²) in [6.45, 7) is 5.79. The van der Waals surface area contributed by atoms with Gasteiger partial charge in [0.15, 0.2) is 0 Å². The van der Waals surface area contributed by atoms with E-state index in [0.717, 1.165) is 0 Å². The maximum absolute atomic E-state index is 12.4. The Kier molecular flexibility index (Phi) is 5.30. The van der Waals surface area contributed by atoms with E-state index in [2.05, 4.69) is 0 Å². The van der Waals surface area contributed by atoms with E-state index in [1.165, 1.54) is 28.6 Å². The third-order valence-corrected chi connectivity index (χ3v) is 5.45. The summed E-state index contributed by atoms with van der Waals surface area (Å²) in [4.78, 5) is 10.8. The highest BCUT2D eigenvalue weighted by molar-refractivity contribution is 7.89. The number of benzene rings is 1. The lowest BCUT2D eigenvalue weighted by Crippen LogP contribution is -2.38. The summed E-state index contributed by atoms with van der Waals surface area (Å²) in [7, 11) is -1.98. The van der Waals surface area contributed by atoms with Crippen LogP contribution in [-0.2, 0) is 21.2 Å². The maximum Gasteiger partial charge on any atom is 0.307 e. The predicted octanol–water partition coefficient (Wildman–Crippen LogP) is 1.98. The second kappa shape index (κ2) is 6.37. The van der Waals surface area contributed by atoms with Gasteiger partial charge in [0.1, 0.15) is 0 Å². The van der Waals surface area contributed by atoms with Gasteiger partial charge in [-0.25, -0.2) is 8.42 Å². The van der Waals surface area contributed by atoms with Crippen LogP contribution < -0.4 is 0 Å². The molecule has 1 atom stereocenters. The molecule has 5 nitrogen and oxygen atoms in total. The van der Waals surface area contributed by atoms with Gasteiger partial charge in [-0.2, -0.15) is 4.31 Å². The minimum atomic E-state index is -3.54. The van der Waals surface area contributed by atoms with Crippen molar-refractivity contribution in [1.82, 2.24) is 4.31 Å². The minimum Gasteiger partial charge on any atom is -0.481 e. The summed E-state index contributed by atoms with van der Waals surface area (Å²) in [6.07, 6.45) is -0.113. The fraction of sp³-hybridized carbons (Fsp3) is 0.500. The number of carbonyl (C=O) groups is 1. The molecule has 0 saturated heterocycles. The lowest BCUT2D eigenvalue weighted by molar-refractivity contribution is -0.136. The molecule has 0 bridgehead atoms. The Morgan fingerprint density at radius 1 is 1.20 bits per heavy atom. The highest BCUT2D eigenvalue weighted by atomic mass is 32.2. The third kappa shape index (κ3) is 3.80. The second-order valence-corrected chi connectivity index (χ2v) is 7.22. The smallest absolute Gasteiger partial charge is 0.307 e. The zero-order valence-corrected chi connectivity index (χ0v) is 13.0. The lowest BCUT2D eigenvalue weighted by Gasteiger charge is -2.27. The number of aliphatic carboxylic acids is 1. The largest absolute Gasteiger partial charge is 0.481 e. The first-order valence-electron chi connectivity index (χ1n) is 6.45. The van der Waals surface area contributed by atoms with Crippen molar-refractivity contribution >= 4 is 16.0 Å². The SMILES string of the molecule is CC(C)C(C)N(C)S(=O)(=O)c1ccc(CC(=O)O)cc1. The summed E-state index contributed by atoms with van der Waals surface area (Å²) in [5.74, 6) is -0.729. The second-order valence-electron chi connectivity index (χ2n) is 5.22. The molecule has 1 aromatic carbocycles. The summed E-state index contributed by atoms with van der Waals surface area (Å²) in [6, 6.07) is 5.87. The van der Waals surface area contributed by atoms with E-state index in [-0.39, 0.29) is 23.3 Å². The lowest BCUT2D eigenvalue weighted by atomic mass is 10.1. The number of carboxylic acid groups (broad SMARTS) is 1. The van der Waals surface area contributed by atoms with E-state index in [4.69, 9.17) is 5.11 Å². The van der Waals surface area contributed by atoms with Crippen LogP contribution in [0.2, 0.25) is 0 Å². The van der Waals surface area contributed by atoms with Crippen molar-refractivity contribution in [2.24, 2.45) is 5.92 Å². The molecule has 0 heterocycles. The fourth-order valence-corrected chi connectivity index (χ4v) is 3.25. The van der Waals surface area contributed by atoms with Crippen molar-refractivity contribution in [1.29, 1.82) is 0 Å². The maximum atomic E-state index is 12.4. The van der Waals surface area contributed by atoms with Gasteiger partial charge in [-0.15, -0.1) is 0 Å². The van der Waals surface area contributed by atoms with Crippen molar-refractivity contribution in [2.75, 3.05) is 7.05 Å². The van der Waals surface area contributed by atoms with Crippen molar-refractivity contribution in [3.05, 3.63) is 29.8 Å². The Labute approximate surface area is 120 Å². The quantitative estimate of drug-likeness (QED) is 0.871. The highest BCUT2D eigenvalue weighted by Gasteiger charge is 2.26. The van der Waals surface area contributed by atoms with E-state index in [1.54, 1.807) is 7.05 Å². The monoisotopic (exact) mass is 299 g/mol. The molecule has 112 valence electrons. The molecule has 0 spiro atoms. The van der Waals surface area contributed by atoms with Crippen LogP contribution in [0, 0.1) is 5.92 Å². The molecule has 0 aliphatic heterocycles. The van der Waals surface area contributed by atoms with Gasteiger partial charge in [-0.3, -0.25) is 4.79 Å². The fourth-order valence-electron chi connectivity index (χ4n) is 1.76. The average Bonchev–Trinajstić information content (AvgIpc) is 2.36. The molecule has 6 heteroatoms. The van der Waals surface area contributed by atoms with Crippen molar-refractivity contribution in [3.8, 4) is 0 Å². The van der Waals surface area contributed by atoms with E-state index in [9.17, 15) is 13.2 Å². The topological polar surface area (TPSA) is 74.7 Å². The van der Waals surface area contributed by atoms with Gasteiger partial charge >= 0.3 is 5.97 Å². The number of carboxylic acids is 1. The van der Waals surface area contributed by atoms with Crippen LogP contribution in [0.15, 0.2) is 29.2 Å². The number of nitrogens with zero attached hydrogens (tertiary/aromatic N) is 1. The molecule has 0 aromatic heterocycles. The first-order chi connectivity index (χ1) is 9.16. The molecule has 0 aliphatic carbocycles. The minimum absolute atomic E-state index is 0.112. The van der Waals surface area contributed by atoms with Gasteiger partial charge in [0.25, 0.3) is 0 Å². The van der Waals surface area contributed by atoms with Crippen LogP contribution in [0.4, 0.5) is 0 Å². The van der Waals surface area contributed by atoms with Crippen LogP contribution in [0.5, 0.6) is 0 Å². The molecule has 0 fully saturated rings. The summed E-state index contributed by atoms with van der Waals surface area (Å²) in [5, 5.41) is 8.69. The van der Waals surface area contributed by atoms with E-state index in [1.807, 2.05) is 20.8 Å². The van der Waals surface area contributed by atoms with Crippen molar-refractivity contribution in [2.45, 2.75) is 38.1 Å². The first-order valence-corrected chi connectivity index (χ1v) is 7.89. The van der Waals surface area contributed by atoms with E-state index < -0.39 is 16.0 Å². The molecule has 1 rings (SSSR count). The number of sulfonamides is 1. The predicted molar refractivity (Wildman–Crippen MR) is 77.0 cm³/mol. The van der Waals surface area contributed by atoms with Gasteiger partial charge in [0.05, 0.1) is 11.3 Å². The summed E-state index contributed by atoms with van der Waals surface area (Å²) in [5.41, 5.74) is 0.580. The number of hydrogen-bond acceptors (Lipinski definition) is 3. The van der Waals surface area contributed by atoms with Crippen LogP contribution >= 0.6 is 0 Å². The Morgan fingerprint density at radius 2 is 1.70 bits per heavy atom. The molecular formula is C14H21NO4S. The number of rotatable bonds is 6. The highest BCUT2D eigenvalue weighted by Crippen LogP contribution is 2.20. The van der Waals surface area contributed by atoms with Crippen LogP contribution in [0.25, 0.3) is 0 Å². The van der Waals surface area contributed by atoms with Gasteiger partial charge in [-0.1, -0.05) is 26.0 Å². The Balaban J connectivity index is 3.01. The molecule has 1 N–H and O–H groups in total. The third-order valence-electron chi connectivity index (χ3n) is 3.49. The Bertz CT molecular complexity index is 563. The van der Waals surface area contributed by atoms with E-state index in [0.29, 0.717) is 5.56 Å².